The van der Waals surface area contributed by atoms with Crippen molar-refractivity contribution in [2.24, 2.45) is 5.92 Å². The van der Waals surface area contributed by atoms with E-state index in [1.165, 1.54) is 31.4 Å². The molecule has 1 aliphatic carbocycles. The summed E-state index contributed by atoms with van der Waals surface area (Å²) in [7, 11) is 0. The Labute approximate surface area is 144 Å². The van der Waals surface area contributed by atoms with Gasteiger partial charge in [0.2, 0.25) is 0 Å². The number of likely N-dealkylation sites (tertiary alicyclic amines) is 1. The maximum Gasteiger partial charge on any atom is 0.0489 e. The van der Waals surface area contributed by atoms with Crippen LogP contribution in [-0.4, -0.2) is 39.9 Å². The summed E-state index contributed by atoms with van der Waals surface area (Å²) in [4.78, 5) is 2.72. The summed E-state index contributed by atoms with van der Waals surface area (Å²) in [5.74, 6) is 0.949. The second-order valence-electron chi connectivity index (χ2n) is 7.33. The maximum absolute atomic E-state index is 4.27. The lowest BCUT2D eigenvalue weighted by Crippen LogP contribution is -2.34. The number of benzene rings is 1. The molecule has 1 aliphatic heterocycles. The van der Waals surface area contributed by atoms with E-state index >= 15 is 0 Å². The molecule has 1 aromatic heterocycles. The van der Waals surface area contributed by atoms with E-state index in [0.717, 1.165) is 38.0 Å². The number of nitrogens with zero attached hydrogens (tertiary/aromatic N) is 3. The van der Waals surface area contributed by atoms with Crippen LogP contribution >= 0.6 is 0 Å². The van der Waals surface area contributed by atoms with Gasteiger partial charge in [0.25, 0.3) is 0 Å². The molecule has 0 amide bonds. The minimum atomic E-state index is 0.650. The Morgan fingerprint density at radius 3 is 2.75 bits per heavy atom. The maximum atomic E-state index is 4.27. The normalized spacial score (nSPS) is 24.5. The molecule has 2 unspecified atom stereocenters. The molecule has 2 atom stereocenters. The lowest BCUT2D eigenvalue weighted by atomic mass is 10.1. The van der Waals surface area contributed by atoms with Gasteiger partial charge in [0.1, 0.15) is 0 Å². The van der Waals surface area contributed by atoms with Gasteiger partial charge >= 0.3 is 0 Å². The van der Waals surface area contributed by atoms with E-state index < -0.39 is 0 Å². The molecule has 0 spiro atoms. The molecule has 4 rings (SSSR count). The van der Waals surface area contributed by atoms with E-state index in [-0.39, 0.29) is 0 Å². The highest BCUT2D eigenvalue weighted by molar-refractivity contribution is 5.15. The van der Waals surface area contributed by atoms with Gasteiger partial charge in [-0.15, -0.1) is 0 Å². The van der Waals surface area contributed by atoms with E-state index in [1.54, 1.807) is 0 Å². The van der Waals surface area contributed by atoms with Gasteiger partial charge in [-0.25, -0.2) is 0 Å². The van der Waals surface area contributed by atoms with Crippen molar-refractivity contribution >= 4 is 0 Å². The van der Waals surface area contributed by atoms with Crippen LogP contribution in [-0.2, 0) is 13.1 Å². The van der Waals surface area contributed by atoms with Crippen LogP contribution in [0.15, 0.2) is 48.8 Å². The molecule has 4 nitrogen and oxygen atoms in total. The van der Waals surface area contributed by atoms with Crippen LogP contribution in [0.5, 0.6) is 0 Å². The number of nitrogens with one attached hydrogen (secondary N) is 1. The minimum absolute atomic E-state index is 0.650. The van der Waals surface area contributed by atoms with Crippen molar-refractivity contribution in [3.63, 3.8) is 0 Å². The summed E-state index contributed by atoms with van der Waals surface area (Å²) < 4.78 is 2.02. The molecule has 0 bridgehead atoms. The predicted octanol–water partition coefficient (Wildman–Crippen LogP) is 2.92. The topological polar surface area (TPSA) is 33.1 Å². The molecular weight excluding hydrogens is 296 g/mol. The first-order valence-electron chi connectivity index (χ1n) is 9.37. The zero-order valence-corrected chi connectivity index (χ0v) is 14.3. The number of hydrogen-bond acceptors (Lipinski definition) is 3. The average Bonchev–Trinajstić information content (AvgIpc) is 3.16. The molecule has 24 heavy (non-hydrogen) atoms. The zero-order chi connectivity index (χ0) is 16.2. The van der Waals surface area contributed by atoms with Crippen molar-refractivity contribution in [2.45, 2.75) is 50.9 Å². The average molecular weight is 324 g/mol. The van der Waals surface area contributed by atoms with Crippen LogP contribution in [0.2, 0.25) is 0 Å². The smallest absolute Gasteiger partial charge is 0.0489 e. The first kappa shape index (κ1) is 15.9. The lowest BCUT2D eigenvalue weighted by molar-refractivity contribution is 0.222. The van der Waals surface area contributed by atoms with Gasteiger partial charge in [0.05, 0.1) is 0 Å². The largest absolute Gasteiger partial charge is 0.313 e. The fourth-order valence-corrected chi connectivity index (χ4v) is 4.03. The van der Waals surface area contributed by atoms with Crippen LogP contribution < -0.4 is 5.32 Å². The van der Waals surface area contributed by atoms with E-state index in [9.17, 15) is 0 Å². The minimum Gasteiger partial charge on any atom is -0.313 e. The summed E-state index contributed by atoms with van der Waals surface area (Å²) in [5.41, 5.74) is 1.45. The van der Waals surface area contributed by atoms with Gasteiger partial charge in [-0.3, -0.25) is 9.58 Å². The Kier molecular flexibility index (Phi) is 4.95. The van der Waals surface area contributed by atoms with Crippen LogP contribution in [0.3, 0.4) is 0 Å². The Bertz CT molecular complexity index is 606. The number of aryl methyl sites for hydroxylation is 1. The molecule has 0 radical (unpaired) electrons. The Morgan fingerprint density at radius 2 is 2.00 bits per heavy atom. The number of rotatable bonds is 8. The highest BCUT2D eigenvalue weighted by atomic mass is 15.3. The third kappa shape index (κ3) is 4.05. The van der Waals surface area contributed by atoms with E-state index in [0.29, 0.717) is 6.04 Å². The van der Waals surface area contributed by atoms with Gasteiger partial charge in [0, 0.05) is 44.1 Å². The molecule has 2 aromatic rings. The summed E-state index contributed by atoms with van der Waals surface area (Å²) in [5, 5.41) is 8.06. The third-order valence-corrected chi connectivity index (χ3v) is 5.40. The quantitative estimate of drug-likeness (QED) is 0.758. The number of aromatic nitrogens is 2. The van der Waals surface area contributed by atoms with E-state index in [2.05, 4.69) is 45.6 Å². The SMILES string of the molecule is c1ccc(CN2CC(NCCCn3cccn3)CC2C2CC2)cc1. The summed E-state index contributed by atoms with van der Waals surface area (Å²) in [6.07, 6.45) is 9.22. The van der Waals surface area contributed by atoms with Crippen LogP contribution in [0, 0.1) is 5.92 Å². The second-order valence-corrected chi connectivity index (χ2v) is 7.33. The van der Waals surface area contributed by atoms with Crippen molar-refractivity contribution < 1.29 is 0 Å². The fourth-order valence-electron chi connectivity index (χ4n) is 4.03. The predicted molar refractivity (Wildman–Crippen MR) is 96.6 cm³/mol. The molecule has 1 N–H and O–H groups in total. The van der Waals surface area contributed by atoms with Crippen LogP contribution in [0.25, 0.3) is 0 Å². The number of hydrogen-bond donors (Lipinski definition) is 1. The summed E-state index contributed by atoms with van der Waals surface area (Å²) >= 11 is 0. The van der Waals surface area contributed by atoms with Gasteiger partial charge < -0.3 is 5.32 Å². The van der Waals surface area contributed by atoms with Crippen molar-refractivity contribution in [3.05, 3.63) is 54.4 Å². The molecule has 1 saturated carbocycles. The fraction of sp³-hybridized carbons (Fsp3) is 0.550. The first-order chi connectivity index (χ1) is 11.9. The molecule has 1 saturated heterocycles. The van der Waals surface area contributed by atoms with Crippen LogP contribution in [0.1, 0.15) is 31.2 Å². The second kappa shape index (κ2) is 7.49. The van der Waals surface area contributed by atoms with Crippen molar-refractivity contribution in [2.75, 3.05) is 13.1 Å². The highest BCUT2D eigenvalue weighted by Gasteiger charge is 2.41. The summed E-state index contributed by atoms with van der Waals surface area (Å²) in [6.45, 7) is 4.39. The van der Waals surface area contributed by atoms with Gasteiger partial charge in [-0.05, 0) is 49.8 Å². The van der Waals surface area contributed by atoms with Gasteiger partial charge in [0.15, 0.2) is 0 Å². The Balaban J connectivity index is 1.26. The molecule has 128 valence electrons. The lowest BCUT2D eigenvalue weighted by Gasteiger charge is -2.24. The van der Waals surface area contributed by atoms with E-state index in [4.69, 9.17) is 0 Å². The van der Waals surface area contributed by atoms with Crippen LogP contribution in [0.4, 0.5) is 0 Å². The Hall–Kier alpha value is -1.65. The molecule has 2 aliphatic rings. The zero-order valence-electron chi connectivity index (χ0n) is 14.3. The monoisotopic (exact) mass is 324 g/mol. The molecular formula is C20H28N4. The van der Waals surface area contributed by atoms with Gasteiger partial charge in [-0.1, -0.05) is 30.3 Å². The molecule has 2 heterocycles. The molecule has 4 heteroatoms. The van der Waals surface area contributed by atoms with Crippen molar-refractivity contribution in [1.82, 2.24) is 20.0 Å². The molecule has 2 fully saturated rings. The summed E-state index contributed by atoms with van der Waals surface area (Å²) in [6, 6.07) is 14.4. The highest BCUT2D eigenvalue weighted by Crippen LogP contribution is 2.40. The van der Waals surface area contributed by atoms with Gasteiger partial charge in [-0.2, -0.15) is 5.10 Å². The standard InChI is InChI=1S/C20H28N4/c1-2-6-17(7-3-1)15-23-16-19(14-20(23)18-8-9-18)21-10-4-12-24-13-5-11-22-24/h1-3,5-7,11,13,18-21H,4,8-10,12,14-16H2. The van der Waals surface area contributed by atoms with Crippen molar-refractivity contribution in [3.8, 4) is 0 Å². The third-order valence-electron chi connectivity index (χ3n) is 5.40. The molecule has 1 aromatic carbocycles. The Morgan fingerprint density at radius 1 is 1.12 bits per heavy atom. The van der Waals surface area contributed by atoms with E-state index in [1.807, 2.05) is 23.1 Å². The first-order valence-corrected chi connectivity index (χ1v) is 9.37. The van der Waals surface area contributed by atoms with Crippen molar-refractivity contribution in [1.29, 1.82) is 0 Å².